The number of allylic oxidation sites excluding steroid dienone is 2. The predicted molar refractivity (Wildman–Crippen MR) is 56.1 cm³/mol. The summed E-state index contributed by atoms with van der Waals surface area (Å²) in [5, 5.41) is 4.44. The van der Waals surface area contributed by atoms with E-state index in [-0.39, 0.29) is 0 Å². The highest BCUT2D eigenvalue weighted by molar-refractivity contribution is 6.32. The second-order valence-electron chi connectivity index (χ2n) is 2.68. The Balaban J connectivity index is 3.15. The minimum absolute atomic E-state index is 0.303. The number of halogens is 1. The van der Waals surface area contributed by atoms with Crippen LogP contribution in [0.5, 0.6) is 0 Å². The molecule has 1 radical (unpaired) electrons. The van der Waals surface area contributed by atoms with Crippen LogP contribution in [0.3, 0.4) is 0 Å². The summed E-state index contributed by atoms with van der Waals surface area (Å²) in [5.74, 6) is 0. The summed E-state index contributed by atoms with van der Waals surface area (Å²) in [7, 11) is 0. The molecule has 73 valence electrons. The maximum atomic E-state index is 10.6. The first kappa shape index (κ1) is 10.7. The number of hydrogen-bond acceptors (Lipinski definition) is 2. The molecule has 0 unspecified atom stereocenters. The van der Waals surface area contributed by atoms with Gasteiger partial charge in [0.2, 0.25) is 6.29 Å². The number of hydrogen-bond donors (Lipinski definition) is 0. The maximum Gasteiger partial charge on any atom is 0.238 e. The van der Waals surface area contributed by atoms with Gasteiger partial charge in [0.05, 0.1) is 17.8 Å². The third-order valence-electron chi connectivity index (χ3n) is 1.70. The van der Waals surface area contributed by atoms with Gasteiger partial charge in [0.1, 0.15) is 5.15 Å². The smallest absolute Gasteiger partial charge is 0.238 e. The van der Waals surface area contributed by atoms with E-state index < -0.39 is 0 Å². The van der Waals surface area contributed by atoms with Crippen LogP contribution in [-0.2, 0) is 17.8 Å². The van der Waals surface area contributed by atoms with Crippen molar-refractivity contribution in [2.24, 2.45) is 0 Å². The van der Waals surface area contributed by atoms with Crippen LogP contribution in [0.2, 0.25) is 5.15 Å². The summed E-state index contributed by atoms with van der Waals surface area (Å²) >= 11 is 5.90. The van der Waals surface area contributed by atoms with Gasteiger partial charge in [-0.2, -0.15) is 5.10 Å². The second kappa shape index (κ2) is 4.77. The molecule has 0 bridgehead atoms. The molecule has 1 aromatic heterocycles. The zero-order chi connectivity index (χ0) is 10.6. The van der Waals surface area contributed by atoms with Crippen molar-refractivity contribution in [1.29, 1.82) is 0 Å². The van der Waals surface area contributed by atoms with Crippen LogP contribution in [0.15, 0.2) is 25.3 Å². The van der Waals surface area contributed by atoms with Crippen LogP contribution in [0.25, 0.3) is 0 Å². The summed E-state index contributed by atoms with van der Waals surface area (Å²) in [6.45, 7) is 7.62. The zero-order valence-electron chi connectivity index (χ0n) is 7.66. The lowest BCUT2D eigenvalue weighted by molar-refractivity contribution is 0.562. The van der Waals surface area contributed by atoms with Crippen molar-refractivity contribution in [3.05, 3.63) is 41.7 Å². The van der Waals surface area contributed by atoms with Crippen molar-refractivity contribution >= 4 is 17.9 Å². The molecular weight excluding hydrogens is 200 g/mol. The van der Waals surface area contributed by atoms with Gasteiger partial charge in [-0.15, -0.1) is 13.2 Å². The molecule has 0 fully saturated rings. The Morgan fingerprint density at radius 1 is 1.50 bits per heavy atom. The first-order valence-corrected chi connectivity index (χ1v) is 4.47. The second-order valence-corrected chi connectivity index (χ2v) is 3.04. The molecule has 0 N–H and O–H groups in total. The zero-order valence-corrected chi connectivity index (χ0v) is 8.42. The fraction of sp³-hybridized carbons (Fsp3) is 0.200. The topological polar surface area (TPSA) is 34.9 Å². The van der Waals surface area contributed by atoms with Crippen LogP contribution < -0.4 is 0 Å². The highest BCUT2D eigenvalue weighted by Gasteiger charge is 2.14. The largest absolute Gasteiger partial charge is 0.285 e. The van der Waals surface area contributed by atoms with Gasteiger partial charge in [0.25, 0.3) is 0 Å². The van der Waals surface area contributed by atoms with Gasteiger partial charge in [-0.05, 0) is 0 Å². The van der Waals surface area contributed by atoms with E-state index >= 15 is 0 Å². The lowest BCUT2D eigenvalue weighted by Crippen LogP contribution is -1.97. The van der Waals surface area contributed by atoms with Crippen molar-refractivity contribution in [3.8, 4) is 0 Å². The standard InChI is InChI=1S/C10H10ClN2O/c1-3-5-9-8(7-14)10(11)13(12-9)6-4-2/h3-4H,1-2,5-6H2. The highest BCUT2D eigenvalue weighted by atomic mass is 35.5. The van der Waals surface area contributed by atoms with E-state index in [1.807, 2.05) is 0 Å². The van der Waals surface area contributed by atoms with Gasteiger partial charge in [-0.1, -0.05) is 23.8 Å². The van der Waals surface area contributed by atoms with Gasteiger partial charge in [-0.3, -0.25) is 4.79 Å². The number of rotatable bonds is 5. The van der Waals surface area contributed by atoms with E-state index in [1.54, 1.807) is 18.4 Å². The van der Waals surface area contributed by atoms with Crippen LogP contribution in [0.1, 0.15) is 11.3 Å². The fourth-order valence-electron chi connectivity index (χ4n) is 1.11. The van der Waals surface area contributed by atoms with E-state index in [2.05, 4.69) is 18.3 Å². The van der Waals surface area contributed by atoms with Gasteiger partial charge in [0.15, 0.2) is 0 Å². The number of nitrogens with zero attached hydrogens (tertiary/aromatic N) is 2. The summed E-state index contributed by atoms with van der Waals surface area (Å²) in [6.07, 6.45) is 5.61. The van der Waals surface area contributed by atoms with Crippen LogP contribution in [0, 0.1) is 0 Å². The summed E-state index contributed by atoms with van der Waals surface area (Å²) < 4.78 is 1.51. The Bertz CT molecular complexity index is 368. The average molecular weight is 210 g/mol. The molecule has 14 heavy (non-hydrogen) atoms. The molecule has 0 amide bonds. The quantitative estimate of drug-likeness (QED) is 0.695. The van der Waals surface area contributed by atoms with Crippen molar-refractivity contribution in [1.82, 2.24) is 9.78 Å². The molecule has 0 saturated heterocycles. The first-order valence-electron chi connectivity index (χ1n) is 4.09. The van der Waals surface area contributed by atoms with Crippen LogP contribution in [0.4, 0.5) is 0 Å². The molecule has 1 rings (SSSR count). The van der Waals surface area contributed by atoms with Gasteiger partial charge >= 0.3 is 0 Å². The van der Waals surface area contributed by atoms with Crippen molar-refractivity contribution in [2.75, 3.05) is 0 Å². The number of aromatic nitrogens is 2. The maximum absolute atomic E-state index is 10.6. The summed E-state index contributed by atoms with van der Waals surface area (Å²) in [5.41, 5.74) is 0.912. The minimum atomic E-state index is 0.303. The van der Waals surface area contributed by atoms with E-state index in [4.69, 9.17) is 11.6 Å². The predicted octanol–water partition coefficient (Wildman–Crippen LogP) is 1.91. The molecule has 0 aliphatic carbocycles. The molecule has 1 heterocycles. The van der Waals surface area contributed by atoms with Crippen molar-refractivity contribution < 1.29 is 4.79 Å². The Hall–Kier alpha value is -1.35. The van der Waals surface area contributed by atoms with Gasteiger partial charge in [-0.25, -0.2) is 4.68 Å². The molecule has 3 nitrogen and oxygen atoms in total. The average Bonchev–Trinajstić information content (AvgIpc) is 2.45. The Labute approximate surface area is 87.7 Å². The van der Waals surface area contributed by atoms with Crippen LogP contribution >= 0.6 is 11.6 Å². The monoisotopic (exact) mass is 209 g/mol. The fourth-order valence-corrected chi connectivity index (χ4v) is 1.37. The van der Waals surface area contributed by atoms with Crippen molar-refractivity contribution in [3.63, 3.8) is 0 Å². The third-order valence-corrected chi connectivity index (χ3v) is 2.09. The summed E-state index contributed by atoms with van der Waals surface area (Å²) in [4.78, 5) is 10.6. The first-order chi connectivity index (χ1) is 6.74. The molecule has 0 spiro atoms. The minimum Gasteiger partial charge on any atom is -0.285 e. The third kappa shape index (κ3) is 1.93. The van der Waals surface area contributed by atoms with Crippen molar-refractivity contribution in [2.45, 2.75) is 13.0 Å². The normalized spacial score (nSPS) is 9.79. The SMILES string of the molecule is C=CCc1nn(CC=C)c(Cl)c1[C]=O. The molecule has 0 aromatic carbocycles. The van der Waals surface area contributed by atoms with E-state index in [0.29, 0.717) is 29.4 Å². The molecule has 4 heteroatoms. The lowest BCUT2D eigenvalue weighted by Gasteiger charge is -1.95. The van der Waals surface area contributed by atoms with E-state index in [0.717, 1.165) is 0 Å². The molecule has 0 aliphatic heterocycles. The van der Waals surface area contributed by atoms with Gasteiger partial charge in [0, 0.05) is 6.42 Å². The Kier molecular flexibility index (Phi) is 3.65. The highest BCUT2D eigenvalue weighted by Crippen LogP contribution is 2.18. The molecule has 1 aromatic rings. The van der Waals surface area contributed by atoms with Crippen LogP contribution in [-0.4, -0.2) is 16.1 Å². The molecule has 0 atom stereocenters. The Morgan fingerprint density at radius 3 is 2.71 bits per heavy atom. The van der Waals surface area contributed by atoms with Gasteiger partial charge < -0.3 is 0 Å². The molecule has 0 aliphatic rings. The lowest BCUT2D eigenvalue weighted by atomic mass is 10.2. The number of carbonyl (C=O) groups excluding carboxylic acids is 1. The van der Waals surface area contributed by atoms with E-state index in [1.165, 1.54) is 4.68 Å². The Morgan fingerprint density at radius 2 is 2.21 bits per heavy atom. The molecular formula is C10H10ClN2O. The van der Waals surface area contributed by atoms with E-state index in [9.17, 15) is 4.79 Å². The molecule has 0 saturated carbocycles. The summed E-state index contributed by atoms with van der Waals surface area (Å²) in [6, 6.07) is 0.